The van der Waals surface area contributed by atoms with Crippen LogP contribution in [-0.2, 0) is 0 Å². The molecule has 6 aromatic carbocycles. The molecule has 0 aliphatic heterocycles. The Balaban J connectivity index is 1.27. The summed E-state index contributed by atoms with van der Waals surface area (Å²) in [5, 5.41) is 3.41. The van der Waals surface area contributed by atoms with Crippen molar-refractivity contribution in [3.63, 3.8) is 0 Å². The maximum Gasteiger partial charge on any atom is 0.164 e. The Morgan fingerprint density at radius 3 is 1.89 bits per heavy atom. The summed E-state index contributed by atoms with van der Waals surface area (Å²) in [7, 11) is 0. The summed E-state index contributed by atoms with van der Waals surface area (Å²) in [5.41, 5.74) is 6.32. The molecule has 5 heteroatoms. The molecule has 0 atom stereocenters. The van der Waals surface area contributed by atoms with Crippen LogP contribution in [0.5, 0.6) is 0 Å². The lowest BCUT2D eigenvalue weighted by Gasteiger charge is -2.08. The predicted molar refractivity (Wildman–Crippen MR) is 178 cm³/mol. The van der Waals surface area contributed by atoms with Crippen molar-refractivity contribution in [1.82, 2.24) is 19.5 Å². The van der Waals surface area contributed by atoms with Crippen molar-refractivity contribution >= 4 is 43.7 Å². The van der Waals surface area contributed by atoms with E-state index in [-0.39, 0.29) is 12.1 Å². The van der Waals surface area contributed by atoms with Crippen molar-refractivity contribution in [3.05, 3.63) is 146 Å². The lowest BCUT2D eigenvalue weighted by atomic mass is 10.1. The molecule has 0 fully saturated rings. The second-order valence-corrected chi connectivity index (χ2v) is 10.6. The first kappa shape index (κ1) is 21.6. The standard InChI is InChI=1S/C39H24N4O/c1-3-12-25(13-4-1)37-40-38(26-14-5-2-6-15-26)42-39(41-37)27-22-23-35-31(24-27)30-18-11-21-34(36(30)44-35)43-32-19-9-7-16-28(32)29-17-8-10-20-33(29)43/h1-24H/i7D,8D,19D. The van der Waals surface area contributed by atoms with Gasteiger partial charge in [0, 0.05) is 38.2 Å². The summed E-state index contributed by atoms with van der Waals surface area (Å²) in [6.07, 6.45) is 0. The number of hydrogen-bond donors (Lipinski definition) is 0. The van der Waals surface area contributed by atoms with Gasteiger partial charge in [-0.3, -0.25) is 0 Å². The Morgan fingerprint density at radius 2 is 1.16 bits per heavy atom. The van der Waals surface area contributed by atoms with Crippen LogP contribution in [0, 0.1) is 0 Å². The molecule has 0 bridgehead atoms. The number of benzene rings is 6. The van der Waals surface area contributed by atoms with Gasteiger partial charge < -0.3 is 8.98 Å². The van der Waals surface area contributed by atoms with E-state index in [1.807, 2.05) is 102 Å². The van der Waals surface area contributed by atoms with Crippen LogP contribution in [0.4, 0.5) is 0 Å². The summed E-state index contributed by atoms with van der Waals surface area (Å²) in [6, 6.07) is 41.4. The molecule has 0 radical (unpaired) electrons. The number of para-hydroxylation sites is 3. The highest BCUT2D eigenvalue weighted by Gasteiger charge is 2.19. The Bertz CT molecular complexity index is 2610. The SMILES string of the molecule is [2H]c1ccc2c(c1)c1cc([2H])cc([2H])c1n2-c1cccc2c1oc1ccc(-c3nc(-c4ccccc4)nc(-c4ccccc4)n3)cc12. The first-order chi connectivity index (χ1) is 23.0. The highest BCUT2D eigenvalue weighted by atomic mass is 16.3. The molecule has 0 unspecified atom stereocenters. The van der Waals surface area contributed by atoms with Crippen LogP contribution in [0.1, 0.15) is 4.11 Å². The molecule has 9 aromatic rings. The van der Waals surface area contributed by atoms with E-state index < -0.39 is 0 Å². The largest absolute Gasteiger partial charge is 0.454 e. The topological polar surface area (TPSA) is 56.7 Å². The molecule has 0 saturated carbocycles. The van der Waals surface area contributed by atoms with Crippen LogP contribution < -0.4 is 0 Å². The average Bonchev–Trinajstić information content (AvgIpc) is 3.64. The van der Waals surface area contributed by atoms with Crippen molar-refractivity contribution in [2.45, 2.75) is 0 Å². The van der Waals surface area contributed by atoms with Gasteiger partial charge in [-0.2, -0.15) is 0 Å². The molecular formula is C39H24N4O. The van der Waals surface area contributed by atoms with E-state index in [1.165, 1.54) is 0 Å². The van der Waals surface area contributed by atoms with E-state index in [1.54, 1.807) is 24.3 Å². The maximum atomic E-state index is 8.84. The van der Waals surface area contributed by atoms with Crippen molar-refractivity contribution in [3.8, 4) is 39.9 Å². The van der Waals surface area contributed by atoms with Gasteiger partial charge in [-0.15, -0.1) is 0 Å². The summed E-state index contributed by atoms with van der Waals surface area (Å²) >= 11 is 0. The fraction of sp³-hybridized carbons (Fsp3) is 0. The minimum atomic E-state index is 0.240. The van der Waals surface area contributed by atoms with E-state index in [4.69, 9.17) is 23.5 Å². The van der Waals surface area contributed by atoms with Gasteiger partial charge in [0.15, 0.2) is 23.1 Å². The van der Waals surface area contributed by atoms with Gasteiger partial charge in [0.25, 0.3) is 0 Å². The van der Waals surface area contributed by atoms with E-state index in [0.717, 1.165) is 49.4 Å². The minimum Gasteiger partial charge on any atom is -0.454 e. The zero-order valence-corrected chi connectivity index (χ0v) is 23.3. The molecule has 0 N–H and O–H groups in total. The molecule has 3 aromatic heterocycles. The van der Waals surface area contributed by atoms with E-state index in [0.29, 0.717) is 40.2 Å². The fourth-order valence-electron chi connectivity index (χ4n) is 6.01. The van der Waals surface area contributed by atoms with Crippen molar-refractivity contribution in [2.24, 2.45) is 0 Å². The summed E-state index contributed by atoms with van der Waals surface area (Å²) in [4.78, 5) is 14.7. The smallest absolute Gasteiger partial charge is 0.164 e. The van der Waals surface area contributed by atoms with Crippen LogP contribution in [0.2, 0.25) is 0 Å². The first-order valence-electron chi connectivity index (χ1n) is 15.9. The van der Waals surface area contributed by atoms with E-state index >= 15 is 0 Å². The quantitative estimate of drug-likeness (QED) is 0.212. The van der Waals surface area contributed by atoms with Crippen LogP contribution in [0.25, 0.3) is 83.6 Å². The van der Waals surface area contributed by atoms with Gasteiger partial charge >= 0.3 is 0 Å². The average molecular weight is 568 g/mol. The van der Waals surface area contributed by atoms with Crippen LogP contribution >= 0.6 is 0 Å². The molecular weight excluding hydrogens is 540 g/mol. The van der Waals surface area contributed by atoms with Gasteiger partial charge in [0.2, 0.25) is 0 Å². The Labute approximate surface area is 256 Å². The molecule has 0 aliphatic rings. The number of furan rings is 1. The van der Waals surface area contributed by atoms with E-state index in [2.05, 4.69) is 6.07 Å². The van der Waals surface area contributed by atoms with Gasteiger partial charge in [-0.1, -0.05) is 109 Å². The Morgan fingerprint density at radius 1 is 0.500 bits per heavy atom. The monoisotopic (exact) mass is 567 g/mol. The normalized spacial score (nSPS) is 12.6. The fourth-order valence-corrected chi connectivity index (χ4v) is 6.01. The molecule has 0 spiro atoms. The molecule has 9 rings (SSSR count). The Hall–Kier alpha value is -6.07. The highest BCUT2D eigenvalue weighted by Crippen LogP contribution is 2.39. The third-order valence-electron chi connectivity index (χ3n) is 8.05. The summed E-state index contributed by atoms with van der Waals surface area (Å²) in [6.45, 7) is 0. The van der Waals surface area contributed by atoms with Gasteiger partial charge in [0.05, 0.1) is 20.8 Å². The predicted octanol–water partition coefficient (Wildman–Crippen LogP) is 9.87. The van der Waals surface area contributed by atoms with Crippen LogP contribution in [0.15, 0.2) is 150 Å². The van der Waals surface area contributed by atoms with Crippen LogP contribution in [-0.4, -0.2) is 19.5 Å². The number of hydrogen-bond acceptors (Lipinski definition) is 4. The second kappa shape index (κ2) is 9.75. The molecule has 44 heavy (non-hydrogen) atoms. The van der Waals surface area contributed by atoms with Gasteiger partial charge in [-0.25, -0.2) is 15.0 Å². The third kappa shape index (κ3) is 3.83. The van der Waals surface area contributed by atoms with E-state index in [9.17, 15) is 0 Å². The zero-order chi connectivity index (χ0) is 31.6. The van der Waals surface area contributed by atoms with Crippen molar-refractivity contribution in [2.75, 3.05) is 0 Å². The van der Waals surface area contributed by atoms with Crippen LogP contribution in [0.3, 0.4) is 0 Å². The van der Waals surface area contributed by atoms with Gasteiger partial charge in [0.1, 0.15) is 5.58 Å². The van der Waals surface area contributed by atoms with Crippen molar-refractivity contribution < 1.29 is 8.53 Å². The maximum absolute atomic E-state index is 8.84. The molecule has 0 amide bonds. The molecule has 3 heterocycles. The highest BCUT2D eigenvalue weighted by molar-refractivity contribution is 6.13. The lowest BCUT2D eigenvalue weighted by molar-refractivity contribution is 0.666. The third-order valence-corrected chi connectivity index (χ3v) is 8.05. The number of fused-ring (bicyclic) bond motifs is 6. The Kier molecular flexibility index (Phi) is 4.79. The second-order valence-electron chi connectivity index (χ2n) is 10.6. The lowest BCUT2D eigenvalue weighted by Crippen LogP contribution is -2.00. The van der Waals surface area contributed by atoms with Crippen molar-refractivity contribution in [1.29, 1.82) is 0 Å². The number of nitrogens with zero attached hydrogens (tertiary/aromatic N) is 4. The first-order valence-corrected chi connectivity index (χ1v) is 14.4. The molecule has 206 valence electrons. The molecule has 0 aliphatic carbocycles. The summed E-state index contributed by atoms with van der Waals surface area (Å²) < 4.78 is 33.9. The summed E-state index contributed by atoms with van der Waals surface area (Å²) in [5.74, 6) is 1.75. The minimum absolute atomic E-state index is 0.240. The molecule has 5 nitrogen and oxygen atoms in total. The number of rotatable bonds is 4. The zero-order valence-electron chi connectivity index (χ0n) is 26.3. The number of aromatic nitrogens is 4. The van der Waals surface area contributed by atoms with Gasteiger partial charge in [-0.05, 0) is 36.4 Å². The molecule has 0 saturated heterocycles.